The minimum atomic E-state index is -0.401. The van der Waals surface area contributed by atoms with Gasteiger partial charge < -0.3 is 10.2 Å². The number of carbonyl (C=O) groups is 2. The van der Waals surface area contributed by atoms with Crippen LogP contribution >= 0.6 is 11.6 Å². The lowest BCUT2D eigenvalue weighted by Crippen LogP contribution is -2.28. The fraction of sp³-hybridized carbons (Fsp3) is 0.273. The Hall–Kier alpha value is -3.19. The van der Waals surface area contributed by atoms with E-state index in [1.165, 1.54) is 12.8 Å². The Kier molecular flexibility index (Phi) is 4.75. The molecule has 2 fully saturated rings. The van der Waals surface area contributed by atoms with Crippen molar-refractivity contribution in [1.82, 2.24) is 15.2 Å². The zero-order valence-corrected chi connectivity index (χ0v) is 16.9. The first-order valence-corrected chi connectivity index (χ1v) is 10.3. The maximum Gasteiger partial charge on any atom is 0.229 e. The van der Waals surface area contributed by atoms with Gasteiger partial charge in [0.05, 0.1) is 5.92 Å². The molecule has 1 aliphatic heterocycles. The second kappa shape index (κ2) is 7.57. The molecule has 1 atom stereocenters. The van der Waals surface area contributed by atoms with Gasteiger partial charge >= 0.3 is 0 Å². The Morgan fingerprint density at radius 2 is 1.83 bits per heavy atom. The minimum Gasteiger partial charge on any atom is -0.326 e. The van der Waals surface area contributed by atoms with Crippen LogP contribution < -0.4 is 10.2 Å². The Morgan fingerprint density at radius 1 is 1.10 bits per heavy atom. The van der Waals surface area contributed by atoms with Crippen molar-refractivity contribution in [3.63, 3.8) is 0 Å². The number of rotatable bonds is 5. The van der Waals surface area contributed by atoms with Crippen LogP contribution in [0, 0.1) is 5.92 Å². The Labute approximate surface area is 178 Å². The minimum absolute atomic E-state index is 0.0658. The molecule has 1 aromatic heterocycles. The summed E-state index contributed by atoms with van der Waals surface area (Å²) in [7, 11) is 0. The number of H-pyrrole nitrogens is 1. The number of halogens is 1. The van der Waals surface area contributed by atoms with Gasteiger partial charge in [-0.05, 0) is 61.4 Å². The molecule has 2 amide bonds. The van der Waals surface area contributed by atoms with Crippen molar-refractivity contribution >= 4 is 34.8 Å². The highest BCUT2D eigenvalue weighted by Gasteiger charge is 2.35. The van der Waals surface area contributed by atoms with E-state index in [0.717, 1.165) is 17.1 Å². The molecule has 0 spiro atoms. The molecule has 1 saturated heterocycles. The maximum atomic E-state index is 12.7. The highest BCUT2D eigenvalue weighted by Crippen LogP contribution is 2.38. The third-order valence-corrected chi connectivity index (χ3v) is 5.76. The van der Waals surface area contributed by atoms with Gasteiger partial charge in [0.25, 0.3) is 0 Å². The van der Waals surface area contributed by atoms with Crippen LogP contribution in [0.5, 0.6) is 0 Å². The van der Waals surface area contributed by atoms with Crippen LogP contribution in [-0.4, -0.2) is 33.5 Å². The smallest absolute Gasteiger partial charge is 0.229 e. The van der Waals surface area contributed by atoms with Crippen molar-refractivity contribution in [1.29, 1.82) is 0 Å². The van der Waals surface area contributed by atoms with E-state index < -0.39 is 5.92 Å². The summed E-state index contributed by atoms with van der Waals surface area (Å²) >= 11 is 5.91. The van der Waals surface area contributed by atoms with E-state index in [-0.39, 0.29) is 18.2 Å². The summed E-state index contributed by atoms with van der Waals surface area (Å²) in [6, 6.07) is 14.5. The quantitative estimate of drug-likeness (QED) is 0.651. The van der Waals surface area contributed by atoms with Crippen LogP contribution in [0.25, 0.3) is 11.4 Å². The first kappa shape index (κ1) is 18.8. The van der Waals surface area contributed by atoms with Gasteiger partial charge in [-0.15, -0.1) is 0 Å². The molecule has 152 valence electrons. The molecular weight excluding hydrogens is 402 g/mol. The lowest BCUT2D eigenvalue weighted by Gasteiger charge is -2.16. The average molecular weight is 422 g/mol. The summed E-state index contributed by atoms with van der Waals surface area (Å²) in [6.07, 6.45) is 2.52. The number of hydrogen-bond acceptors (Lipinski definition) is 4. The van der Waals surface area contributed by atoms with E-state index in [4.69, 9.17) is 11.6 Å². The SMILES string of the molecule is O=C(Nc1ccc(-c2n[nH]c(C3CC3)n2)cc1)C1CC(=O)N(c2ccc(Cl)cc2)C1. The molecule has 0 bridgehead atoms. The largest absolute Gasteiger partial charge is 0.326 e. The molecular formula is C22H20ClN5O2. The number of aromatic amines is 1. The third kappa shape index (κ3) is 3.80. The van der Waals surface area contributed by atoms with Crippen molar-refractivity contribution in [2.24, 2.45) is 5.92 Å². The number of carbonyl (C=O) groups excluding carboxylic acids is 2. The van der Waals surface area contributed by atoms with E-state index in [1.807, 2.05) is 24.3 Å². The number of nitrogens with one attached hydrogen (secondary N) is 2. The van der Waals surface area contributed by atoms with Gasteiger partial charge in [-0.1, -0.05) is 11.6 Å². The highest BCUT2D eigenvalue weighted by atomic mass is 35.5. The predicted octanol–water partition coefficient (Wildman–Crippen LogP) is 3.99. The van der Waals surface area contributed by atoms with Gasteiger partial charge in [0.1, 0.15) is 5.82 Å². The molecule has 1 aliphatic carbocycles. The Bertz CT molecular complexity index is 1090. The molecule has 2 aliphatic rings. The molecule has 7 nitrogen and oxygen atoms in total. The van der Waals surface area contributed by atoms with Gasteiger partial charge in [-0.25, -0.2) is 4.98 Å². The molecule has 2 N–H and O–H groups in total. The summed E-state index contributed by atoms with van der Waals surface area (Å²) in [5, 5.41) is 10.8. The number of benzene rings is 2. The van der Waals surface area contributed by atoms with Gasteiger partial charge in [0.2, 0.25) is 11.8 Å². The highest BCUT2D eigenvalue weighted by molar-refractivity contribution is 6.30. The fourth-order valence-corrected chi connectivity index (χ4v) is 3.77. The zero-order valence-electron chi connectivity index (χ0n) is 16.1. The molecule has 2 heterocycles. The van der Waals surface area contributed by atoms with Crippen LogP contribution in [0.1, 0.15) is 31.0 Å². The van der Waals surface area contributed by atoms with Crippen molar-refractivity contribution < 1.29 is 9.59 Å². The number of aromatic nitrogens is 3. The summed E-state index contributed by atoms with van der Waals surface area (Å²) in [6.45, 7) is 0.353. The lowest BCUT2D eigenvalue weighted by molar-refractivity contribution is -0.122. The molecule has 5 rings (SSSR count). The second-order valence-electron chi connectivity index (χ2n) is 7.77. The maximum absolute atomic E-state index is 12.7. The Balaban J connectivity index is 1.22. The van der Waals surface area contributed by atoms with Crippen molar-refractivity contribution in [2.45, 2.75) is 25.2 Å². The molecule has 30 heavy (non-hydrogen) atoms. The molecule has 1 saturated carbocycles. The number of amides is 2. The monoisotopic (exact) mass is 421 g/mol. The standard InChI is InChI=1S/C22H20ClN5O2/c23-16-5-9-18(10-6-16)28-12-15(11-19(28)29)22(30)24-17-7-3-14(4-8-17)21-25-20(26-27-21)13-1-2-13/h3-10,13,15H,1-2,11-12H2,(H,24,30)(H,25,26,27). The van der Waals surface area contributed by atoms with E-state index >= 15 is 0 Å². The number of anilines is 2. The fourth-order valence-electron chi connectivity index (χ4n) is 3.64. The zero-order chi connectivity index (χ0) is 20.7. The summed E-state index contributed by atoms with van der Waals surface area (Å²) in [4.78, 5) is 31.2. The van der Waals surface area contributed by atoms with Crippen LogP contribution in [0.15, 0.2) is 48.5 Å². The normalized spacial score (nSPS) is 18.6. The van der Waals surface area contributed by atoms with E-state index in [0.29, 0.717) is 29.0 Å². The van der Waals surface area contributed by atoms with Gasteiger partial charge in [0.15, 0.2) is 5.82 Å². The molecule has 1 unspecified atom stereocenters. The number of hydrogen-bond donors (Lipinski definition) is 2. The van der Waals surface area contributed by atoms with Crippen LogP contribution in [0.3, 0.4) is 0 Å². The number of nitrogens with zero attached hydrogens (tertiary/aromatic N) is 3. The molecule has 8 heteroatoms. The molecule has 0 radical (unpaired) electrons. The third-order valence-electron chi connectivity index (χ3n) is 5.51. The van der Waals surface area contributed by atoms with Crippen LogP contribution in [0.4, 0.5) is 11.4 Å². The topological polar surface area (TPSA) is 91.0 Å². The van der Waals surface area contributed by atoms with Crippen molar-refractivity contribution in [2.75, 3.05) is 16.8 Å². The van der Waals surface area contributed by atoms with Crippen LogP contribution in [-0.2, 0) is 9.59 Å². The summed E-state index contributed by atoms with van der Waals surface area (Å²) < 4.78 is 0. The average Bonchev–Trinajstić information content (AvgIpc) is 3.35. The molecule has 3 aromatic rings. The second-order valence-corrected chi connectivity index (χ2v) is 8.20. The van der Waals surface area contributed by atoms with Crippen molar-refractivity contribution in [3.05, 3.63) is 59.4 Å². The van der Waals surface area contributed by atoms with Gasteiger partial charge in [-0.3, -0.25) is 14.7 Å². The summed E-state index contributed by atoms with van der Waals surface area (Å²) in [5.41, 5.74) is 2.32. The van der Waals surface area contributed by atoms with E-state index in [1.54, 1.807) is 29.2 Å². The van der Waals surface area contributed by atoms with E-state index in [9.17, 15) is 9.59 Å². The lowest BCUT2D eigenvalue weighted by atomic mass is 10.1. The van der Waals surface area contributed by atoms with E-state index in [2.05, 4.69) is 20.5 Å². The van der Waals surface area contributed by atoms with Crippen molar-refractivity contribution in [3.8, 4) is 11.4 Å². The van der Waals surface area contributed by atoms with Gasteiger partial charge in [0, 0.05) is 40.8 Å². The predicted molar refractivity (Wildman–Crippen MR) is 114 cm³/mol. The van der Waals surface area contributed by atoms with Gasteiger partial charge in [-0.2, -0.15) is 5.10 Å². The summed E-state index contributed by atoms with van der Waals surface area (Å²) in [5.74, 6) is 1.49. The first-order chi connectivity index (χ1) is 14.6. The first-order valence-electron chi connectivity index (χ1n) is 9.96. The van der Waals surface area contributed by atoms with Crippen LogP contribution in [0.2, 0.25) is 5.02 Å². The molecule has 2 aromatic carbocycles. The Morgan fingerprint density at radius 3 is 2.53 bits per heavy atom.